The smallest absolute Gasteiger partial charge is 0.416 e. The van der Waals surface area contributed by atoms with Crippen molar-refractivity contribution in [2.45, 2.75) is 19.0 Å². The van der Waals surface area contributed by atoms with E-state index in [0.717, 1.165) is 55.0 Å². The quantitative estimate of drug-likeness (QED) is 0.591. The predicted octanol–water partition coefficient (Wildman–Crippen LogP) is 4.99. The van der Waals surface area contributed by atoms with Crippen LogP contribution in [0.2, 0.25) is 0 Å². The molecule has 0 radical (unpaired) electrons. The highest BCUT2D eigenvalue weighted by atomic mass is 19.4. The third kappa shape index (κ3) is 4.46. The summed E-state index contributed by atoms with van der Waals surface area (Å²) in [6.07, 6.45) is 0.811. The van der Waals surface area contributed by atoms with E-state index in [9.17, 15) is 13.2 Å². The normalized spacial score (nSPS) is 15.3. The van der Waals surface area contributed by atoms with E-state index in [1.54, 1.807) is 13.2 Å². The highest BCUT2D eigenvalue weighted by Crippen LogP contribution is 2.32. The molecule has 0 bridgehead atoms. The second-order valence-corrected chi connectivity index (χ2v) is 7.34. The molecule has 0 N–H and O–H groups in total. The van der Waals surface area contributed by atoms with Crippen LogP contribution in [-0.2, 0) is 12.6 Å². The molecule has 4 nitrogen and oxygen atoms in total. The van der Waals surface area contributed by atoms with Crippen molar-refractivity contribution in [3.05, 3.63) is 71.6 Å². The highest BCUT2D eigenvalue weighted by Gasteiger charge is 2.30. The highest BCUT2D eigenvalue weighted by molar-refractivity contribution is 5.83. The number of aromatic nitrogens is 2. The van der Waals surface area contributed by atoms with E-state index in [0.29, 0.717) is 11.4 Å². The van der Waals surface area contributed by atoms with E-state index in [4.69, 9.17) is 4.74 Å². The number of halogens is 3. The van der Waals surface area contributed by atoms with Gasteiger partial charge in [0.1, 0.15) is 6.33 Å². The average Bonchev–Trinajstić information content (AvgIpc) is 2.77. The molecule has 30 heavy (non-hydrogen) atoms. The Morgan fingerprint density at radius 1 is 1.10 bits per heavy atom. The van der Waals surface area contributed by atoms with Crippen LogP contribution in [0.15, 0.2) is 54.9 Å². The second-order valence-electron chi connectivity index (χ2n) is 7.34. The molecule has 2 aromatic carbocycles. The van der Waals surface area contributed by atoms with Crippen molar-refractivity contribution in [1.29, 1.82) is 0 Å². The number of methoxy groups -OCH3 is 1. The van der Waals surface area contributed by atoms with Crippen molar-refractivity contribution < 1.29 is 17.9 Å². The lowest BCUT2D eigenvalue weighted by Gasteiger charge is -2.26. The average molecular weight is 413 g/mol. The van der Waals surface area contributed by atoms with Gasteiger partial charge in [0, 0.05) is 19.6 Å². The maximum atomic E-state index is 13.0. The lowest BCUT2D eigenvalue weighted by Crippen LogP contribution is -2.30. The number of rotatable bonds is 5. The van der Waals surface area contributed by atoms with Gasteiger partial charge < -0.3 is 4.74 Å². The Morgan fingerprint density at radius 2 is 1.97 bits per heavy atom. The lowest BCUT2D eigenvalue weighted by molar-refractivity contribution is -0.137. The Balaban J connectivity index is 1.40. The zero-order valence-electron chi connectivity index (χ0n) is 16.6. The number of benzene rings is 2. The van der Waals surface area contributed by atoms with Crippen LogP contribution in [0.5, 0.6) is 5.88 Å². The van der Waals surface area contributed by atoms with Crippen molar-refractivity contribution in [2.75, 3.05) is 26.7 Å². The van der Waals surface area contributed by atoms with Crippen LogP contribution < -0.4 is 4.74 Å². The van der Waals surface area contributed by atoms with Gasteiger partial charge in [0.25, 0.3) is 0 Å². The fourth-order valence-electron chi connectivity index (χ4n) is 3.76. The van der Waals surface area contributed by atoms with E-state index in [2.05, 4.69) is 27.0 Å². The molecule has 1 aliphatic heterocycles. The molecule has 0 atom stereocenters. The summed E-state index contributed by atoms with van der Waals surface area (Å²) in [4.78, 5) is 10.7. The van der Waals surface area contributed by atoms with Crippen LogP contribution in [0.4, 0.5) is 13.2 Å². The number of nitrogens with zero attached hydrogens (tertiary/aromatic N) is 3. The summed E-state index contributed by atoms with van der Waals surface area (Å²) in [7, 11) is 1.59. The first-order valence-corrected chi connectivity index (χ1v) is 9.81. The molecule has 1 aliphatic rings. The van der Waals surface area contributed by atoms with Crippen molar-refractivity contribution in [2.24, 2.45) is 0 Å². The monoisotopic (exact) mass is 413 g/mol. The van der Waals surface area contributed by atoms with E-state index in [1.165, 1.54) is 24.0 Å². The molecule has 0 spiro atoms. The van der Waals surface area contributed by atoms with Crippen molar-refractivity contribution in [3.63, 3.8) is 0 Å². The first-order valence-electron chi connectivity index (χ1n) is 9.81. The summed E-state index contributed by atoms with van der Waals surface area (Å²) in [5.41, 5.74) is 3.05. The molecule has 156 valence electrons. The van der Waals surface area contributed by atoms with Crippen molar-refractivity contribution in [1.82, 2.24) is 14.9 Å². The van der Waals surface area contributed by atoms with Crippen LogP contribution in [0, 0.1) is 0 Å². The minimum absolute atomic E-state index is 0.563. The SMILES string of the molecule is COc1ncnc2ccc(CCN3CC=C(c4cccc(C(F)(F)F)c4)CC3)cc12. The zero-order chi connectivity index (χ0) is 21.1. The van der Waals surface area contributed by atoms with Crippen LogP contribution in [0.25, 0.3) is 16.5 Å². The molecule has 1 aromatic heterocycles. The Kier molecular flexibility index (Phi) is 5.72. The van der Waals surface area contributed by atoms with Gasteiger partial charge in [0.05, 0.1) is 23.6 Å². The predicted molar refractivity (Wildman–Crippen MR) is 110 cm³/mol. The number of ether oxygens (including phenoxy) is 1. The first kappa shape index (κ1) is 20.3. The van der Waals surface area contributed by atoms with Gasteiger partial charge in [-0.25, -0.2) is 9.97 Å². The van der Waals surface area contributed by atoms with Gasteiger partial charge in [-0.15, -0.1) is 0 Å². The maximum absolute atomic E-state index is 13.0. The van der Waals surface area contributed by atoms with Crippen molar-refractivity contribution >= 4 is 16.5 Å². The standard InChI is InChI=1S/C23H22F3N3O/c1-30-22-20-13-16(5-6-21(20)27-15-28-22)7-10-29-11-8-17(9-12-29)18-3-2-4-19(14-18)23(24,25)26/h2-6,8,13-15H,7,9-12H2,1H3. The Labute approximate surface area is 173 Å². The molecule has 2 heterocycles. The van der Waals surface area contributed by atoms with Crippen LogP contribution >= 0.6 is 0 Å². The Bertz CT molecular complexity index is 1080. The molecule has 0 saturated heterocycles. The third-order valence-electron chi connectivity index (χ3n) is 5.43. The van der Waals surface area contributed by atoms with Crippen LogP contribution in [0.1, 0.15) is 23.1 Å². The number of alkyl halides is 3. The van der Waals surface area contributed by atoms with Gasteiger partial charge in [-0.3, -0.25) is 4.90 Å². The summed E-state index contributed by atoms with van der Waals surface area (Å²) in [6, 6.07) is 11.7. The van der Waals surface area contributed by atoms with Gasteiger partial charge in [-0.05, 0) is 53.8 Å². The van der Waals surface area contributed by atoms with E-state index < -0.39 is 11.7 Å². The minimum Gasteiger partial charge on any atom is -0.480 e. The van der Waals surface area contributed by atoms with Gasteiger partial charge in [-0.2, -0.15) is 13.2 Å². The van der Waals surface area contributed by atoms with E-state index in [1.807, 2.05) is 12.1 Å². The maximum Gasteiger partial charge on any atom is 0.416 e. The molecule has 3 aromatic rings. The molecule has 0 amide bonds. The molecule has 0 aliphatic carbocycles. The van der Waals surface area contributed by atoms with Gasteiger partial charge in [0.15, 0.2) is 0 Å². The summed E-state index contributed by atoms with van der Waals surface area (Å²) in [6.45, 7) is 2.42. The molecular weight excluding hydrogens is 391 g/mol. The summed E-state index contributed by atoms with van der Waals surface area (Å²) in [5.74, 6) is 0.563. The summed E-state index contributed by atoms with van der Waals surface area (Å²) < 4.78 is 44.2. The number of fused-ring (bicyclic) bond motifs is 1. The Morgan fingerprint density at radius 3 is 2.70 bits per heavy atom. The molecule has 0 fully saturated rings. The van der Waals surface area contributed by atoms with Crippen LogP contribution in [0.3, 0.4) is 0 Å². The van der Waals surface area contributed by atoms with Crippen LogP contribution in [-0.4, -0.2) is 41.6 Å². The fourth-order valence-corrected chi connectivity index (χ4v) is 3.76. The number of hydrogen-bond acceptors (Lipinski definition) is 4. The summed E-state index contributed by atoms with van der Waals surface area (Å²) in [5, 5.41) is 0.892. The second kappa shape index (κ2) is 8.44. The fraction of sp³-hybridized carbons (Fsp3) is 0.304. The minimum atomic E-state index is -4.31. The molecule has 0 saturated carbocycles. The first-order chi connectivity index (χ1) is 14.4. The molecule has 0 unspecified atom stereocenters. The number of hydrogen-bond donors (Lipinski definition) is 0. The Hall–Kier alpha value is -2.93. The largest absolute Gasteiger partial charge is 0.480 e. The molecular formula is C23H22F3N3O. The topological polar surface area (TPSA) is 38.3 Å². The van der Waals surface area contributed by atoms with Gasteiger partial charge in [-0.1, -0.05) is 24.3 Å². The van der Waals surface area contributed by atoms with Crippen molar-refractivity contribution in [3.8, 4) is 5.88 Å². The molecule has 7 heteroatoms. The van der Waals surface area contributed by atoms with Gasteiger partial charge in [0.2, 0.25) is 5.88 Å². The summed E-state index contributed by atoms with van der Waals surface area (Å²) >= 11 is 0. The third-order valence-corrected chi connectivity index (χ3v) is 5.43. The zero-order valence-corrected chi connectivity index (χ0v) is 16.6. The lowest BCUT2D eigenvalue weighted by atomic mass is 9.97. The van der Waals surface area contributed by atoms with E-state index in [-0.39, 0.29) is 0 Å². The molecule has 4 rings (SSSR count). The van der Waals surface area contributed by atoms with E-state index >= 15 is 0 Å². The van der Waals surface area contributed by atoms with Gasteiger partial charge >= 0.3 is 6.18 Å².